The van der Waals surface area contributed by atoms with Crippen molar-refractivity contribution >= 4 is 46.5 Å². The first-order valence-electron chi connectivity index (χ1n) is 7.67. The van der Waals surface area contributed by atoms with Gasteiger partial charge in [0.25, 0.3) is 0 Å². The highest BCUT2D eigenvalue weighted by Gasteiger charge is 2.18. The first kappa shape index (κ1) is 18.0. The molecule has 0 spiro atoms. The summed E-state index contributed by atoms with van der Waals surface area (Å²) in [5, 5.41) is 11.0. The SMILES string of the molecule is CSc1nnc(S[C@H](C)C(=O)Nc2ccccc2-c2ccccc2)s1. The van der Waals surface area contributed by atoms with E-state index in [-0.39, 0.29) is 11.2 Å². The summed E-state index contributed by atoms with van der Waals surface area (Å²) in [6.07, 6.45) is 1.96. The largest absolute Gasteiger partial charge is 0.325 e. The lowest BCUT2D eigenvalue weighted by molar-refractivity contribution is -0.115. The van der Waals surface area contributed by atoms with Gasteiger partial charge in [-0.15, -0.1) is 10.2 Å². The van der Waals surface area contributed by atoms with Crippen LogP contribution in [0, 0.1) is 0 Å². The Balaban J connectivity index is 1.72. The summed E-state index contributed by atoms with van der Waals surface area (Å²) in [5.74, 6) is -0.0470. The Hall–Kier alpha value is -1.83. The molecule has 7 heteroatoms. The van der Waals surface area contributed by atoms with Gasteiger partial charge in [0.1, 0.15) is 0 Å². The Labute approximate surface area is 159 Å². The van der Waals surface area contributed by atoms with E-state index in [2.05, 4.69) is 15.5 Å². The van der Waals surface area contributed by atoms with Crippen molar-refractivity contribution < 1.29 is 4.79 Å². The molecule has 0 saturated carbocycles. The lowest BCUT2D eigenvalue weighted by atomic mass is 10.0. The average molecular weight is 388 g/mol. The summed E-state index contributed by atoms with van der Waals surface area (Å²) in [6.45, 7) is 1.88. The number of amides is 1. The van der Waals surface area contributed by atoms with Crippen LogP contribution >= 0.6 is 34.9 Å². The van der Waals surface area contributed by atoms with Crippen LogP contribution in [-0.4, -0.2) is 27.6 Å². The Kier molecular flexibility index (Phi) is 6.12. The third-order valence-electron chi connectivity index (χ3n) is 3.48. The Morgan fingerprint density at radius 2 is 1.72 bits per heavy atom. The van der Waals surface area contributed by atoms with E-state index in [9.17, 15) is 4.79 Å². The highest BCUT2D eigenvalue weighted by Crippen LogP contribution is 2.32. The molecule has 128 valence electrons. The van der Waals surface area contributed by atoms with Gasteiger partial charge in [-0.1, -0.05) is 83.4 Å². The predicted molar refractivity (Wildman–Crippen MR) is 108 cm³/mol. The average Bonchev–Trinajstić information content (AvgIpc) is 3.10. The zero-order valence-electron chi connectivity index (χ0n) is 13.8. The van der Waals surface area contributed by atoms with Gasteiger partial charge < -0.3 is 5.32 Å². The molecule has 1 atom stereocenters. The van der Waals surface area contributed by atoms with Crippen molar-refractivity contribution in [1.82, 2.24) is 10.2 Å². The van der Waals surface area contributed by atoms with E-state index in [0.717, 1.165) is 25.5 Å². The number of thioether (sulfide) groups is 2. The standard InChI is InChI=1S/C18H17N3OS3/c1-12(24-18-21-20-17(23-2)25-18)16(22)19-15-11-7-6-10-14(15)13-8-4-3-5-9-13/h3-12H,1-2H3,(H,19,22)/t12-/m1/s1. The van der Waals surface area contributed by atoms with Crippen LogP contribution in [0.25, 0.3) is 11.1 Å². The molecular weight excluding hydrogens is 370 g/mol. The fourth-order valence-electron chi connectivity index (χ4n) is 2.23. The van der Waals surface area contributed by atoms with Crippen LogP contribution in [-0.2, 0) is 4.79 Å². The van der Waals surface area contributed by atoms with Crippen LogP contribution < -0.4 is 5.32 Å². The van der Waals surface area contributed by atoms with E-state index in [1.807, 2.05) is 67.8 Å². The molecule has 0 fully saturated rings. The number of rotatable bonds is 6. The van der Waals surface area contributed by atoms with Crippen molar-refractivity contribution in [2.45, 2.75) is 20.9 Å². The lowest BCUT2D eigenvalue weighted by Crippen LogP contribution is -2.22. The van der Waals surface area contributed by atoms with Gasteiger partial charge in [-0.3, -0.25) is 4.79 Å². The van der Waals surface area contributed by atoms with Crippen molar-refractivity contribution in [2.24, 2.45) is 0 Å². The number of carbonyl (C=O) groups is 1. The fourth-order valence-corrected chi connectivity index (χ4v) is 4.81. The second-order valence-corrected chi connectivity index (χ2v) is 8.82. The first-order chi connectivity index (χ1) is 12.2. The smallest absolute Gasteiger partial charge is 0.237 e. The van der Waals surface area contributed by atoms with Gasteiger partial charge in [0.05, 0.1) is 5.25 Å². The van der Waals surface area contributed by atoms with E-state index in [1.54, 1.807) is 11.8 Å². The van der Waals surface area contributed by atoms with Crippen LogP contribution in [0.4, 0.5) is 5.69 Å². The van der Waals surface area contributed by atoms with Gasteiger partial charge in [-0.2, -0.15) is 0 Å². The molecule has 0 radical (unpaired) electrons. The number of para-hydroxylation sites is 1. The maximum absolute atomic E-state index is 12.6. The topological polar surface area (TPSA) is 54.9 Å². The number of hydrogen-bond acceptors (Lipinski definition) is 6. The molecule has 0 unspecified atom stereocenters. The number of anilines is 1. The minimum atomic E-state index is -0.258. The van der Waals surface area contributed by atoms with Crippen LogP contribution in [0.1, 0.15) is 6.92 Å². The quantitative estimate of drug-likeness (QED) is 0.600. The molecule has 3 aromatic rings. The summed E-state index contributed by atoms with van der Waals surface area (Å²) >= 11 is 4.50. The number of nitrogens with zero attached hydrogens (tertiary/aromatic N) is 2. The minimum absolute atomic E-state index is 0.0470. The van der Waals surface area contributed by atoms with Gasteiger partial charge in [-0.05, 0) is 24.8 Å². The monoisotopic (exact) mass is 387 g/mol. The number of hydrogen-bond donors (Lipinski definition) is 1. The summed E-state index contributed by atoms with van der Waals surface area (Å²) in [4.78, 5) is 12.6. The summed E-state index contributed by atoms with van der Waals surface area (Å²) < 4.78 is 1.72. The summed E-state index contributed by atoms with van der Waals surface area (Å²) in [5.41, 5.74) is 2.90. The molecule has 0 aliphatic heterocycles. The minimum Gasteiger partial charge on any atom is -0.325 e. The predicted octanol–water partition coefficient (Wildman–Crippen LogP) is 5.05. The van der Waals surface area contributed by atoms with E-state index in [1.165, 1.54) is 23.1 Å². The zero-order valence-corrected chi connectivity index (χ0v) is 16.3. The van der Waals surface area contributed by atoms with Crippen LogP contribution in [0.5, 0.6) is 0 Å². The van der Waals surface area contributed by atoms with Gasteiger partial charge in [0.2, 0.25) is 5.91 Å². The molecule has 0 bridgehead atoms. The molecule has 3 rings (SSSR count). The molecule has 1 N–H and O–H groups in total. The van der Waals surface area contributed by atoms with Gasteiger partial charge in [-0.25, -0.2) is 0 Å². The van der Waals surface area contributed by atoms with E-state index in [0.29, 0.717) is 0 Å². The zero-order chi connectivity index (χ0) is 17.6. The summed E-state index contributed by atoms with van der Waals surface area (Å²) in [6, 6.07) is 17.9. The van der Waals surface area contributed by atoms with E-state index >= 15 is 0 Å². The Morgan fingerprint density at radius 3 is 2.44 bits per heavy atom. The second kappa shape index (κ2) is 8.51. The lowest BCUT2D eigenvalue weighted by Gasteiger charge is -2.14. The molecule has 2 aromatic carbocycles. The van der Waals surface area contributed by atoms with Crippen molar-refractivity contribution in [1.29, 1.82) is 0 Å². The Morgan fingerprint density at radius 1 is 1.04 bits per heavy atom. The Bertz CT molecular complexity index is 852. The summed E-state index contributed by atoms with van der Waals surface area (Å²) in [7, 11) is 0. The highest BCUT2D eigenvalue weighted by molar-refractivity contribution is 8.03. The van der Waals surface area contributed by atoms with Crippen molar-refractivity contribution in [3.63, 3.8) is 0 Å². The molecular formula is C18H17N3OS3. The first-order valence-corrected chi connectivity index (χ1v) is 10.6. The van der Waals surface area contributed by atoms with Gasteiger partial charge in [0, 0.05) is 11.3 Å². The molecule has 25 heavy (non-hydrogen) atoms. The molecule has 4 nitrogen and oxygen atoms in total. The van der Waals surface area contributed by atoms with Gasteiger partial charge >= 0.3 is 0 Å². The maximum Gasteiger partial charge on any atom is 0.237 e. The molecule has 0 aliphatic rings. The molecule has 1 heterocycles. The number of aromatic nitrogens is 2. The third kappa shape index (κ3) is 4.62. The number of nitrogens with one attached hydrogen (secondary N) is 1. The number of carbonyl (C=O) groups excluding carboxylic acids is 1. The normalized spacial score (nSPS) is 11.9. The van der Waals surface area contributed by atoms with Crippen molar-refractivity contribution in [2.75, 3.05) is 11.6 Å². The van der Waals surface area contributed by atoms with Gasteiger partial charge in [0.15, 0.2) is 8.68 Å². The second-order valence-electron chi connectivity index (χ2n) is 5.20. The molecule has 1 aromatic heterocycles. The fraction of sp³-hybridized carbons (Fsp3) is 0.167. The molecule has 0 aliphatic carbocycles. The molecule has 1 amide bonds. The maximum atomic E-state index is 12.6. The van der Waals surface area contributed by atoms with E-state index < -0.39 is 0 Å². The van der Waals surface area contributed by atoms with Crippen molar-refractivity contribution in [3.8, 4) is 11.1 Å². The van der Waals surface area contributed by atoms with Crippen molar-refractivity contribution in [3.05, 3.63) is 54.6 Å². The van der Waals surface area contributed by atoms with Crippen LogP contribution in [0.3, 0.4) is 0 Å². The van der Waals surface area contributed by atoms with Crippen LogP contribution in [0.2, 0.25) is 0 Å². The van der Waals surface area contributed by atoms with Crippen LogP contribution in [0.15, 0.2) is 63.3 Å². The highest BCUT2D eigenvalue weighted by atomic mass is 32.2. The third-order valence-corrected chi connectivity index (χ3v) is 6.56. The number of benzene rings is 2. The molecule has 0 saturated heterocycles. The van der Waals surface area contributed by atoms with E-state index in [4.69, 9.17) is 0 Å².